The molecule has 190 valence electrons. The van der Waals surface area contributed by atoms with Crippen LogP contribution in [0.25, 0.3) is 44.6 Å². The summed E-state index contributed by atoms with van der Waals surface area (Å²) in [4.78, 5) is 18.9. The van der Waals surface area contributed by atoms with E-state index in [1.807, 2.05) is 12.1 Å². The lowest BCUT2D eigenvalue weighted by atomic mass is 10.0. The van der Waals surface area contributed by atoms with E-state index in [9.17, 15) is 9.90 Å². The highest BCUT2D eigenvalue weighted by Crippen LogP contribution is 2.39. The van der Waals surface area contributed by atoms with E-state index in [0.717, 1.165) is 55.5 Å². The lowest BCUT2D eigenvalue weighted by Crippen LogP contribution is -2.08. The molecule has 5 nitrogen and oxygen atoms in total. The Hall–Kier alpha value is -4.00. The quantitative estimate of drug-likeness (QED) is 0.185. The van der Waals surface area contributed by atoms with E-state index in [1.165, 1.54) is 16.7 Å². The second kappa shape index (κ2) is 9.39. The third kappa shape index (κ3) is 4.36. The highest BCUT2D eigenvalue weighted by atomic mass is 32.1. The monoisotopic (exact) mass is 519 g/mol. The maximum atomic E-state index is 11.8. The molecule has 3 aromatic carbocycles. The van der Waals surface area contributed by atoms with E-state index in [4.69, 9.17) is 4.98 Å². The van der Waals surface area contributed by atoms with E-state index in [-0.39, 0.29) is 6.04 Å². The smallest absolute Gasteiger partial charge is 0.333 e. The van der Waals surface area contributed by atoms with Gasteiger partial charge < -0.3 is 10.4 Å². The van der Waals surface area contributed by atoms with Gasteiger partial charge in [0.25, 0.3) is 0 Å². The normalized spacial score (nSPS) is 15.3. The number of benzene rings is 3. The Labute approximate surface area is 226 Å². The van der Waals surface area contributed by atoms with Gasteiger partial charge in [0, 0.05) is 27.5 Å². The first-order valence-corrected chi connectivity index (χ1v) is 13.6. The summed E-state index contributed by atoms with van der Waals surface area (Å²) in [6.45, 7) is 9.16. The fraction of sp³-hybridized carbons (Fsp3) is 0.188. The van der Waals surface area contributed by atoms with Crippen molar-refractivity contribution >= 4 is 34.4 Å². The summed E-state index contributed by atoms with van der Waals surface area (Å²) in [6, 6.07) is 23.4. The van der Waals surface area contributed by atoms with E-state index in [2.05, 4.69) is 98.2 Å². The minimum Gasteiger partial charge on any atom is -0.478 e. The molecular formula is C32H29N3O2S. The van der Waals surface area contributed by atoms with Gasteiger partial charge in [-0.2, -0.15) is 0 Å². The molecule has 1 fully saturated rings. The van der Waals surface area contributed by atoms with Crippen LogP contribution in [0.3, 0.4) is 0 Å². The van der Waals surface area contributed by atoms with Gasteiger partial charge in [-0.05, 0) is 85.9 Å². The molecular weight excluding hydrogens is 490 g/mol. The van der Waals surface area contributed by atoms with Crippen molar-refractivity contribution in [2.45, 2.75) is 33.7 Å². The SMILES string of the molecule is Cc1cc(C)cc(-n2c(-c3ccc(-c4sc(/C=C(/C(=O)O)C5CN5)c(C)c4C)cc3)nc3ccccc32)c1. The summed E-state index contributed by atoms with van der Waals surface area (Å²) in [5.74, 6) is 0.0523. The standard InChI is InChI=1S/C32H29N3O2S/c1-18-13-19(2)15-24(14-18)35-28-8-6-5-7-26(28)34-31(35)23-11-9-22(10-12-23)30-21(4)20(3)29(38-30)16-25(32(36)37)27-17-33-27/h5-16,27,33H,17H2,1-4H3,(H,36,37)/b25-16+. The molecule has 5 aromatic rings. The molecule has 2 aromatic heterocycles. The Morgan fingerprint density at radius 3 is 2.29 bits per heavy atom. The number of para-hydroxylation sites is 2. The molecule has 3 heterocycles. The number of imidazole rings is 1. The van der Waals surface area contributed by atoms with Gasteiger partial charge in [0.2, 0.25) is 0 Å². The predicted molar refractivity (Wildman–Crippen MR) is 156 cm³/mol. The lowest BCUT2D eigenvalue weighted by Gasteiger charge is -2.12. The molecule has 2 N–H and O–H groups in total. The second-order valence-electron chi connectivity index (χ2n) is 10.1. The molecule has 1 atom stereocenters. The number of carbonyl (C=O) groups is 1. The Morgan fingerprint density at radius 2 is 1.63 bits per heavy atom. The maximum absolute atomic E-state index is 11.8. The van der Waals surface area contributed by atoms with Crippen molar-refractivity contribution in [1.82, 2.24) is 14.9 Å². The number of aryl methyl sites for hydroxylation is 2. The van der Waals surface area contributed by atoms with E-state index >= 15 is 0 Å². The van der Waals surface area contributed by atoms with Crippen LogP contribution in [0.2, 0.25) is 0 Å². The van der Waals surface area contributed by atoms with Gasteiger partial charge in [-0.25, -0.2) is 9.78 Å². The van der Waals surface area contributed by atoms with Gasteiger partial charge in [-0.3, -0.25) is 4.57 Å². The highest BCUT2D eigenvalue weighted by Gasteiger charge is 2.30. The van der Waals surface area contributed by atoms with Crippen molar-refractivity contribution in [3.05, 3.63) is 99.4 Å². The first-order valence-electron chi connectivity index (χ1n) is 12.8. The average Bonchev–Trinajstić information content (AvgIpc) is 3.59. The molecule has 0 spiro atoms. The number of thiophene rings is 1. The molecule has 6 heteroatoms. The summed E-state index contributed by atoms with van der Waals surface area (Å²) in [5, 5.41) is 12.8. The number of carboxylic acid groups (broad SMARTS) is 1. The minimum absolute atomic E-state index is 0.0477. The van der Waals surface area contributed by atoms with Crippen LogP contribution in [-0.2, 0) is 4.79 Å². The molecule has 1 aliphatic heterocycles. The highest BCUT2D eigenvalue weighted by molar-refractivity contribution is 7.16. The minimum atomic E-state index is -0.858. The Kier molecular flexibility index (Phi) is 6.01. The Bertz CT molecular complexity index is 1720. The maximum Gasteiger partial charge on any atom is 0.333 e. The van der Waals surface area contributed by atoms with Gasteiger partial charge >= 0.3 is 5.97 Å². The largest absolute Gasteiger partial charge is 0.478 e. The molecule has 1 unspecified atom stereocenters. The first kappa shape index (κ1) is 24.3. The van der Waals surface area contributed by atoms with Crippen LogP contribution in [0.1, 0.15) is 27.1 Å². The van der Waals surface area contributed by atoms with E-state index < -0.39 is 5.97 Å². The third-order valence-electron chi connectivity index (χ3n) is 7.23. The van der Waals surface area contributed by atoms with Gasteiger partial charge in [0.15, 0.2) is 0 Å². The summed E-state index contributed by atoms with van der Waals surface area (Å²) in [5.41, 5.74) is 10.5. The lowest BCUT2D eigenvalue weighted by molar-refractivity contribution is -0.132. The van der Waals surface area contributed by atoms with E-state index in [1.54, 1.807) is 11.3 Å². The number of aliphatic carboxylic acids is 1. The molecule has 0 aliphatic carbocycles. The van der Waals surface area contributed by atoms with Crippen molar-refractivity contribution in [3.63, 3.8) is 0 Å². The number of fused-ring (bicyclic) bond motifs is 1. The predicted octanol–water partition coefficient (Wildman–Crippen LogP) is 7.09. The van der Waals surface area contributed by atoms with Crippen molar-refractivity contribution < 1.29 is 9.90 Å². The van der Waals surface area contributed by atoms with Crippen LogP contribution in [-0.4, -0.2) is 33.2 Å². The molecule has 0 amide bonds. The summed E-state index contributed by atoms with van der Waals surface area (Å²) in [6.07, 6.45) is 1.84. The van der Waals surface area contributed by atoms with Crippen LogP contribution in [0.15, 0.2) is 72.3 Å². The summed E-state index contributed by atoms with van der Waals surface area (Å²) in [7, 11) is 0. The number of hydrogen-bond acceptors (Lipinski definition) is 4. The summed E-state index contributed by atoms with van der Waals surface area (Å²) >= 11 is 1.65. The number of carboxylic acids is 1. The van der Waals surface area contributed by atoms with Crippen molar-refractivity contribution in [1.29, 1.82) is 0 Å². The number of hydrogen-bond donors (Lipinski definition) is 2. The van der Waals surface area contributed by atoms with Gasteiger partial charge in [-0.1, -0.05) is 42.5 Å². The van der Waals surface area contributed by atoms with Crippen LogP contribution in [0.4, 0.5) is 0 Å². The van der Waals surface area contributed by atoms with Crippen LogP contribution >= 0.6 is 11.3 Å². The first-order chi connectivity index (χ1) is 18.3. The summed E-state index contributed by atoms with van der Waals surface area (Å²) < 4.78 is 2.24. The number of aromatic nitrogens is 2. The molecule has 1 aliphatic rings. The third-order valence-corrected chi connectivity index (χ3v) is 8.62. The van der Waals surface area contributed by atoms with Gasteiger partial charge in [0.1, 0.15) is 5.82 Å². The van der Waals surface area contributed by atoms with Gasteiger partial charge in [-0.15, -0.1) is 11.3 Å². The zero-order valence-electron chi connectivity index (χ0n) is 21.9. The average molecular weight is 520 g/mol. The van der Waals surface area contributed by atoms with Crippen LogP contribution in [0, 0.1) is 27.7 Å². The van der Waals surface area contributed by atoms with Crippen molar-refractivity contribution in [3.8, 4) is 27.5 Å². The molecule has 0 radical (unpaired) electrons. The zero-order chi connectivity index (χ0) is 26.6. The van der Waals surface area contributed by atoms with E-state index in [0.29, 0.717) is 5.57 Å². The molecule has 0 bridgehead atoms. The van der Waals surface area contributed by atoms with Crippen LogP contribution < -0.4 is 5.32 Å². The van der Waals surface area contributed by atoms with Crippen molar-refractivity contribution in [2.24, 2.45) is 0 Å². The Balaban J connectivity index is 1.42. The Morgan fingerprint density at radius 1 is 0.974 bits per heavy atom. The fourth-order valence-electron chi connectivity index (χ4n) is 5.09. The second-order valence-corrected chi connectivity index (χ2v) is 11.1. The topological polar surface area (TPSA) is 77.1 Å². The molecule has 1 saturated heterocycles. The molecule has 6 rings (SSSR count). The number of rotatable bonds is 6. The van der Waals surface area contributed by atoms with Crippen molar-refractivity contribution in [2.75, 3.05) is 6.54 Å². The molecule has 38 heavy (non-hydrogen) atoms. The molecule has 0 saturated carbocycles. The fourth-order valence-corrected chi connectivity index (χ4v) is 6.37. The number of nitrogens with zero attached hydrogens (tertiary/aromatic N) is 2. The number of nitrogens with one attached hydrogen (secondary N) is 1. The zero-order valence-corrected chi connectivity index (χ0v) is 22.7. The van der Waals surface area contributed by atoms with Crippen LogP contribution in [0.5, 0.6) is 0 Å². The van der Waals surface area contributed by atoms with Gasteiger partial charge in [0.05, 0.1) is 22.6 Å².